The van der Waals surface area contributed by atoms with E-state index in [1.54, 1.807) is 0 Å². The standard InChI is InChI=1S/C43H36N2/c1-42(2)43(3,4)45(41(44-42)30-17-9-6-10-18-30)34-26-25-31-27-33(24-23-32(31)28-34)40-37-21-13-11-19-35(37)39(29-15-7-5-8-16-29)36-20-12-14-22-38(36)40/h5-28H,1-4H3. The maximum absolute atomic E-state index is 5.26. The fourth-order valence-corrected chi connectivity index (χ4v) is 7.10. The molecule has 0 aromatic heterocycles. The Morgan fingerprint density at radius 2 is 0.911 bits per heavy atom. The summed E-state index contributed by atoms with van der Waals surface area (Å²) in [5.41, 5.74) is 6.91. The highest BCUT2D eigenvalue weighted by molar-refractivity contribution is 6.22. The molecule has 1 heterocycles. The summed E-state index contributed by atoms with van der Waals surface area (Å²) in [5.74, 6) is 1.03. The first-order valence-corrected chi connectivity index (χ1v) is 15.8. The van der Waals surface area contributed by atoms with Gasteiger partial charge >= 0.3 is 0 Å². The summed E-state index contributed by atoms with van der Waals surface area (Å²) in [6.07, 6.45) is 0. The molecule has 218 valence electrons. The van der Waals surface area contributed by atoms with Crippen molar-refractivity contribution in [3.05, 3.63) is 151 Å². The number of nitrogens with zero attached hydrogens (tertiary/aromatic N) is 2. The van der Waals surface area contributed by atoms with Crippen LogP contribution in [-0.2, 0) is 0 Å². The van der Waals surface area contributed by atoms with Crippen LogP contribution in [0.2, 0.25) is 0 Å². The van der Waals surface area contributed by atoms with Crippen LogP contribution in [0.3, 0.4) is 0 Å². The Bertz CT molecular complexity index is 2200. The fraction of sp³-hybridized carbons (Fsp3) is 0.140. The average Bonchev–Trinajstić information content (AvgIpc) is 3.26. The first kappa shape index (κ1) is 27.3. The molecule has 0 fully saturated rings. The van der Waals surface area contributed by atoms with Gasteiger partial charge in [-0.15, -0.1) is 0 Å². The molecular weight excluding hydrogens is 544 g/mol. The minimum absolute atomic E-state index is 0.204. The van der Waals surface area contributed by atoms with Crippen LogP contribution in [0, 0.1) is 0 Å². The van der Waals surface area contributed by atoms with Crippen LogP contribution < -0.4 is 4.90 Å². The van der Waals surface area contributed by atoms with Crippen molar-refractivity contribution in [2.45, 2.75) is 38.8 Å². The number of hydrogen-bond donors (Lipinski definition) is 0. The van der Waals surface area contributed by atoms with Gasteiger partial charge < -0.3 is 4.90 Å². The second kappa shape index (κ2) is 10.2. The van der Waals surface area contributed by atoms with Crippen LogP contribution >= 0.6 is 0 Å². The van der Waals surface area contributed by atoms with Crippen LogP contribution in [-0.4, -0.2) is 16.9 Å². The predicted octanol–water partition coefficient (Wildman–Crippen LogP) is 11.3. The molecule has 1 aliphatic heterocycles. The van der Waals surface area contributed by atoms with Gasteiger partial charge in [0.2, 0.25) is 0 Å². The van der Waals surface area contributed by atoms with E-state index in [4.69, 9.17) is 4.99 Å². The first-order chi connectivity index (χ1) is 21.8. The van der Waals surface area contributed by atoms with E-state index in [1.165, 1.54) is 54.6 Å². The molecule has 0 aliphatic carbocycles. The highest BCUT2D eigenvalue weighted by Gasteiger charge is 2.49. The number of aliphatic imine (C=N–C) groups is 1. The molecule has 1 aliphatic rings. The zero-order valence-electron chi connectivity index (χ0n) is 26.3. The third kappa shape index (κ3) is 4.28. The highest BCUT2D eigenvalue weighted by atomic mass is 15.3. The number of anilines is 1. The maximum atomic E-state index is 5.26. The van der Waals surface area contributed by atoms with E-state index in [-0.39, 0.29) is 11.1 Å². The van der Waals surface area contributed by atoms with Crippen LogP contribution in [0.5, 0.6) is 0 Å². The van der Waals surface area contributed by atoms with Crippen LogP contribution in [0.25, 0.3) is 54.6 Å². The van der Waals surface area contributed by atoms with E-state index in [9.17, 15) is 0 Å². The topological polar surface area (TPSA) is 15.6 Å². The summed E-state index contributed by atoms with van der Waals surface area (Å²) >= 11 is 0. The number of amidine groups is 1. The van der Waals surface area contributed by atoms with Crippen molar-refractivity contribution in [2.75, 3.05) is 4.90 Å². The largest absolute Gasteiger partial charge is 0.318 e. The molecule has 2 nitrogen and oxygen atoms in total. The quantitative estimate of drug-likeness (QED) is 0.189. The Kier molecular flexibility index (Phi) is 6.18. The second-order valence-corrected chi connectivity index (χ2v) is 13.2. The Balaban J connectivity index is 1.29. The van der Waals surface area contributed by atoms with Crippen molar-refractivity contribution in [3.63, 3.8) is 0 Å². The van der Waals surface area contributed by atoms with Crippen molar-refractivity contribution in [2.24, 2.45) is 4.99 Å². The fourth-order valence-electron chi connectivity index (χ4n) is 7.10. The van der Waals surface area contributed by atoms with Gasteiger partial charge in [0.1, 0.15) is 5.84 Å². The molecule has 0 atom stereocenters. The Hall–Kier alpha value is -5.21. The van der Waals surface area contributed by atoms with Crippen LogP contribution in [0.1, 0.15) is 33.3 Å². The summed E-state index contributed by atoms with van der Waals surface area (Å²) < 4.78 is 0. The first-order valence-electron chi connectivity index (χ1n) is 15.8. The molecule has 0 spiro atoms. The van der Waals surface area contributed by atoms with Gasteiger partial charge in [0.05, 0.1) is 11.1 Å². The molecule has 45 heavy (non-hydrogen) atoms. The zero-order valence-corrected chi connectivity index (χ0v) is 26.3. The van der Waals surface area contributed by atoms with E-state index in [1.807, 2.05) is 0 Å². The minimum Gasteiger partial charge on any atom is -0.318 e. The van der Waals surface area contributed by atoms with Gasteiger partial charge in [-0.3, -0.25) is 4.99 Å². The van der Waals surface area contributed by atoms with Gasteiger partial charge in [0.25, 0.3) is 0 Å². The van der Waals surface area contributed by atoms with Gasteiger partial charge in [-0.05, 0) is 100 Å². The van der Waals surface area contributed by atoms with Gasteiger partial charge in [-0.25, -0.2) is 0 Å². The van der Waals surface area contributed by atoms with Crippen molar-refractivity contribution in [3.8, 4) is 22.3 Å². The normalized spacial score (nSPS) is 15.6. The Morgan fingerprint density at radius 3 is 1.49 bits per heavy atom. The van der Waals surface area contributed by atoms with Crippen molar-refractivity contribution in [1.29, 1.82) is 0 Å². The van der Waals surface area contributed by atoms with E-state index in [2.05, 4.69) is 178 Å². The molecule has 0 saturated heterocycles. The molecular formula is C43H36N2. The van der Waals surface area contributed by atoms with E-state index in [0.29, 0.717) is 0 Å². The SMILES string of the molecule is CC1(C)N=C(c2ccccc2)N(c2ccc3cc(-c4c5ccccc5c(-c5ccccc5)c5ccccc45)ccc3c2)C1(C)C. The van der Waals surface area contributed by atoms with Gasteiger partial charge in [-0.1, -0.05) is 127 Å². The summed E-state index contributed by atoms with van der Waals surface area (Å²) in [6.45, 7) is 9.08. The molecule has 0 amide bonds. The number of benzene rings is 7. The molecule has 0 unspecified atom stereocenters. The Morgan fingerprint density at radius 1 is 0.444 bits per heavy atom. The van der Waals surface area contributed by atoms with E-state index < -0.39 is 0 Å². The molecule has 8 rings (SSSR count). The lowest BCUT2D eigenvalue weighted by atomic mass is 9.82. The maximum Gasteiger partial charge on any atom is 0.136 e. The van der Waals surface area contributed by atoms with Crippen molar-refractivity contribution in [1.82, 2.24) is 0 Å². The van der Waals surface area contributed by atoms with Gasteiger partial charge in [-0.2, -0.15) is 0 Å². The van der Waals surface area contributed by atoms with E-state index in [0.717, 1.165) is 17.1 Å². The summed E-state index contributed by atoms with van der Waals surface area (Å²) in [6, 6.07) is 52.9. The van der Waals surface area contributed by atoms with Crippen molar-refractivity contribution >= 4 is 43.8 Å². The molecule has 7 aromatic rings. The number of fused-ring (bicyclic) bond motifs is 3. The van der Waals surface area contributed by atoms with Crippen LogP contribution in [0.15, 0.2) is 151 Å². The van der Waals surface area contributed by atoms with Gasteiger partial charge in [0.15, 0.2) is 0 Å². The smallest absolute Gasteiger partial charge is 0.136 e. The lowest BCUT2D eigenvalue weighted by Gasteiger charge is -2.41. The summed E-state index contributed by atoms with van der Waals surface area (Å²) in [5, 5.41) is 7.55. The van der Waals surface area contributed by atoms with Crippen LogP contribution in [0.4, 0.5) is 5.69 Å². The molecule has 0 radical (unpaired) electrons. The number of rotatable bonds is 4. The molecule has 0 saturated carbocycles. The predicted molar refractivity (Wildman–Crippen MR) is 193 cm³/mol. The molecule has 0 N–H and O–H groups in total. The second-order valence-electron chi connectivity index (χ2n) is 13.2. The Labute approximate surface area is 265 Å². The zero-order chi connectivity index (χ0) is 30.8. The van der Waals surface area contributed by atoms with Crippen molar-refractivity contribution < 1.29 is 0 Å². The minimum atomic E-state index is -0.245. The molecule has 2 heteroatoms. The summed E-state index contributed by atoms with van der Waals surface area (Å²) in [4.78, 5) is 7.69. The summed E-state index contributed by atoms with van der Waals surface area (Å²) in [7, 11) is 0. The van der Waals surface area contributed by atoms with Gasteiger partial charge in [0, 0.05) is 11.3 Å². The molecule has 7 aromatic carbocycles. The number of hydrogen-bond acceptors (Lipinski definition) is 2. The lowest BCUT2D eigenvalue weighted by molar-refractivity contribution is 0.338. The lowest BCUT2D eigenvalue weighted by Crippen LogP contribution is -2.53. The average molecular weight is 581 g/mol. The molecule has 0 bridgehead atoms. The third-order valence-corrected chi connectivity index (χ3v) is 10.1. The highest BCUT2D eigenvalue weighted by Crippen LogP contribution is 2.45. The third-order valence-electron chi connectivity index (χ3n) is 10.1. The monoisotopic (exact) mass is 580 g/mol. The van der Waals surface area contributed by atoms with E-state index >= 15 is 0 Å².